The molecule has 3 heterocycles. The molecule has 3 aromatic heterocycles. The lowest BCUT2D eigenvalue weighted by molar-refractivity contribution is 0.304. The summed E-state index contributed by atoms with van der Waals surface area (Å²) in [5.41, 5.74) is 1.68. The van der Waals surface area contributed by atoms with Gasteiger partial charge in [0.2, 0.25) is 5.82 Å². The number of tetrazole rings is 1. The van der Waals surface area contributed by atoms with Gasteiger partial charge in [-0.1, -0.05) is 6.07 Å². The number of hydrogen-bond donors (Lipinski definition) is 0. The van der Waals surface area contributed by atoms with E-state index in [4.69, 9.17) is 4.74 Å². The van der Waals surface area contributed by atoms with Gasteiger partial charge in [-0.15, -0.1) is 15.0 Å². The third-order valence-electron chi connectivity index (χ3n) is 3.52. The van der Waals surface area contributed by atoms with Crippen molar-refractivity contribution in [3.05, 3.63) is 78.5 Å². The van der Waals surface area contributed by atoms with Crippen molar-refractivity contribution in [2.75, 3.05) is 0 Å². The van der Waals surface area contributed by atoms with E-state index in [-0.39, 0.29) is 6.61 Å². The van der Waals surface area contributed by atoms with Gasteiger partial charge in [0.25, 0.3) is 0 Å². The Bertz CT molecular complexity index is 1010. The molecule has 0 atom stereocenters. The second kappa shape index (κ2) is 7.06. The van der Waals surface area contributed by atoms with Crippen LogP contribution >= 0.6 is 0 Å². The monoisotopic (exact) mass is 348 g/mol. The highest BCUT2D eigenvalue weighted by Crippen LogP contribution is 2.16. The fourth-order valence-corrected chi connectivity index (χ4v) is 2.35. The molecule has 0 aliphatic rings. The molecule has 0 amide bonds. The minimum absolute atomic E-state index is 0.193. The van der Waals surface area contributed by atoms with Crippen LogP contribution < -0.4 is 4.74 Å². The van der Waals surface area contributed by atoms with E-state index < -0.39 is 5.82 Å². The summed E-state index contributed by atoms with van der Waals surface area (Å²) >= 11 is 0. The maximum atomic E-state index is 14.0. The summed E-state index contributed by atoms with van der Waals surface area (Å²) < 4.78 is 19.6. The number of pyridine rings is 2. The molecule has 4 aromatic rings. The SMILES string of the molecule is Fc1cc(COc2cccnc2)cc(-n2nnc(-c3ccccn3)n2)c1. The molecule has 8 heteroatoms. The van der Waals surface area contributed by atoms with Crippen LogP contribution in [0.2, 0.25) is 0 Å². The van der Waals surface area contributed by atoms with Crippen LogP contribution in [0.1, 0.15) is 5.56 Å². The number of benzene rings is 1. The number of halogens is 1. The summed E-state index contributed by atoms with van der Waals surface area (Å²) in [4.78, 5) is 9.41. The van der Waals surface area contributed by atoms with Crippen LogP contribution in [0.5, 0.6) is 5.75 Å². The maximum absolute atomic E-state index is 14.0. The Morgan fingerprint density at radius 2 is 2.00 bits per heavy atom. The van der Waals surface area contributed by atoms with Crippen molar-refractivity contribution in [3.63, 3.8) is 0 Å². The minimum Gasteiger partial charge on any atom is -0.487 e. The molecule has 0 fully saturated rings. The maximum Gasteiger partial charge on any atom is 0.223 e. The van der Waals surface area contributed by atoms with Gasteiger partial charge in [-0.05, 0) is 47.2 Å². The molecular formula is C18H13FN6O. The lowest BCUT2D eigenvalue weighted by Crippen LogP contribution is -2.03. The Morgan fingerprint density at radius 3 is 2.81 bits per heavy atom. The van der Waals surface area contributed by atoms with Crippen molar-refractivity contribution in [2.45, 2.75) is 6.61 Å². The third-order valence-corrected chi connectivity index (χ3v) is 3.52. The number of rotatable bonds is 5. The summed E-state index contributed by atoms with van der Waals surface area (Å²) in [5, 5.41) is 12.2. The van der Waals surface area contributed by atoms with Gasteiger partial charge in [-0.25, -0.2) is 4.39 Å². The van der Waals surface area contributed by atoms with Gasteiger partial charge in [0.1, 0.15) is 23.9 Å². The number of nitrogens with zero attached hydrogens (tertiary/aromatic N) is 6. The Hall–Kier alpha value is -3.68. The van der Waals surface area contributed by atoms with E-state index in [1.54, 1.807) is 48.9 Å². The molecule has 0 saturated carbocycles. The molecule has 0 bridgehead atoms. The van der Waals surface area contributed by atoms with Crippen molar-refractivity contribution in [1.29, 1.82) is 0 Å². The molecule has 26 heavy (non-hydrogen) atoms. The highest BCUT2D eigenvalue weighted by Gasteiger charge is 2.10. The van der Waals surface area contributed by atoms with Gasteiger partial charge < -0.3 is 4.74 Å². The van der Waals surface area contributed by atoms with Crippen LogP contribution in [-0.4, -0.2) is 30.2 Å². The molecule has 1 aromatic carbocycles. The zero-order valence-electron chi connectivity index (χ0n) is 13.5. The van der Waals surface area contributed by atoms with E-state index in [0.717, 1.165) is 0 Å². The van der Waals surface area contributed by atoms with Crippen molar-refractivity contribution in [1.82, 2.24) is 30.2 Å². The van der Waals surface area contributed by atoms with Crippen LogP contribution in [0.4, 0.5) is 4.39 Å². The fraction of sp³-hybridized carbons (Fsp3) is 0.0556. The van der Waals surface area contributed by atoms with Gasteiger partial charge in [0, 0.05) is 18.5 Å². The molecule has 0 saturated heterocycles. The predicted molar refractivity (Wildman–Crippen MR) is 90.9 cm³/mol. The molecule has 0 radical (unpaired) electrons. The fourth-order valence-electron chi connectivity index (χ4n) is 2.35. The van der Waals surface area contributed by atoms with E-state index in [0.29, 0.717) is 28.5 Å². The first-order chi connectivity index (χ1) is 12.8. The van der Waals surface area contributed by atoms with Gasteiger partial charge in [-0.2, -0.15) is 0 Å². The van der Waals surface area contributed by atoms with Crippen molar-refractivity contribution >= 4 is 0 Å². The first-order valence-electron chi connectivity index (χ1n) is 7.82. The zero-order chi connectivity index (χ0) is 17.8. The van der Waals surface area contributed by atoms with Gasteiger partial charge >= 0.3 is 0 Å². The molecule has 0 aliphatic heterocycles. The van der Waals surface area contributed by atoms with Crippen LogP contribution in [0.3, 0.4) is 0 Å². The topological polar surface area (TPSA) is 78.6 Å². The Balaban J connectivity index is 1.57. The van der Waals surface area contributed by atoms with Gasteiger partial charge in [0.05, 0.1) is 11.9 Å². The Kier molecular flexibility index (Phi) is 4.29. The summed E-state index contributed by atoms with van der Waals surface area (Å²) in [6, 6.07) is 13.4. The third kappa shape index (κ3) is 3.54. The summed E-state index contributed by atoms with van der Waals surface area (Å²) in [7, 11) is 0. The Morgan fingerprint density at radius 1 is 1.04 bits per heavy atom. The van der Waals surface area contributed by atoms with Gasteiger partial charge in [-0.3, -0.25) is 9.97 Å². The molecule has 0 N–H and O–H groups in total. The highest BCUT2D eigenvalue weighted by atomic mass is 19.1. The molecule has 0 spiro atoms. The average molecular weight is 348 g/mol. The lowest BCUT2D eigenvalue weighted by atomic mass is 10.2. The summed E-state index contributed by atoms with van der Waals surface area (Å²) in [6.07, 6.45) is 4.90. The van der Waals surface area contributed by atoms with Crippen LogP contribution in [-0.2, 0) is 6.61 Å². The lowest BCUT2D eigenvalue weighted by Gasteiger charge is -2.07. The molecule has 128 valence electrons. The van der Waals surface area contributed by atoms with Crippen LogP contribution in [0.25, 0.3) is 17.2 Å². The largest absolute Gasteiger partial charge is 0.487 e. The smallest absolute Gasteiger partial charge is 0.223 e. The van der Waals surface area contributed by atoms with Crippen molar-refractivity contribution in [2.24, 2.45) is 0 Å². The van der Waals surface area contributed by atoms with Gasteiger partial charge in [0.15, 0.2) is 0 Å². The first kappa shape index (κ1) is 15.8. The molecule has 0 unspecified atom stereocenters. The van der Waals surface area contributed by atoms with Crippen LogP contribution in [0, 0.1) is 5.82 Å². The standard InChI is InChI=1S/C18H13FN6O/c19-14-8-13(12-26-16-4-3-6-20-11-16)9-15(10-14)25-23-18(22-24-25)17-5-1-2-7-21-17/h1-11H,12H2. The van der Waals surface area contributed by atoms with E-state index in [1.807, 2.05) is 6.07 Å². The van der Waals surface area contributed by atoms with E-state index in [2.05, 4.69) is 25.4 Å². The highest BCUT2D eigenvalue weighted by molar-refractivity contribution is 5.47. The van der Waals surface area contributed by atoms with E-state index >= 15 is 0 Å². The van der Waals surface area contributed by atoms with Crippen molar-refractivity contribution in [3.8, 4) is 23.0 Å². The van der Waals surface area contributed by atoms with Crippen LogP contribution in [0.15, 0.2) is 67.1 Å². The molecule has 4 rings (SSSR count). The summed E-state index contributed by atoms with van der Waals surface area (Å²) in [6.45, 7) is 0.193. The number of ether oxygens (including phenoxy) is 1. The first-order valence-corrected chi connectivity index (χ1v) is 7.82. The van der Waals surface area contributed by atoms with Crippen molar-refractivity contribution < 1.29 is 9.13 Å². The summed E-state index contributed by atoms with van der Waals surface area (Å²) in [5.74, 6) is 0.557. The number of aromatic nitrogens is 6. The zero-order valence-corrected chi connectivity index (χ0v) is 13.5. The molecular weight excluding hydrogens is 335 g/mol. The Labute approximate surface area is 148 Å². The molecule has 0 aliphatic carbocycles. The molecule has 7 nitrogen and oxygen atoms in total. The van der Waals surface area contributed by atoms with E-state index in [9.17, 15) is 4.39 Å². The predicted octanol–water partition coefficient (Wildman–Crippen LogP) is 2.84. The average Bonchev–Trinajstić information content (AvgIpc) is 3.18. The quantitative estimate of drug-likeness (QED) is 0.552. The second-order valence-electron chi connectivity index (χ2n) is 5.41. The normalized spacial score (nSPS) is 10.7. The minimum atomic E-state index is -0.413. The van der Waals surface area contributed by atoms with E-state index in [1.165, 1.54) is 16.9 Å². The second-order valence-corrected chi connectivity index (χ2v) is 5.41. The number of hydrogen-bond acceptors (Lipinski definition) is 6.